The summed E-state index contributed by atoms with van der Waals surface area (Å²) in [5, 5.41) is 5.81. The summed E-state index contributed by atoms with van der Waals surface area (Å²) in [4.78, 5) is 16.5. The first-order chi connectivity index (χ1) is 10.5. The number of carbonyl (C=O) groups excluding carboxylic acids is 1. The van der Waals surface area contributed by atoms with Crippen molar-refractivity contribution >= 4 is 11.6 Å². The molecule has 1 N–H and O–H groups in total. The number of halogens is 2. The van der Waals surface area contributed by atoms with Crippen molar-refractivity contribution in [3.63, 3.8) is 0 Å². The van der Waals surface area contributed by atoms with Gasteiger partial charge in [-0.05, 0) is 24.9 Å². The zero-order valence-corrected chi connectivity index (χ0v) is 11.8. The summed E-state index contributed by atoms with van der Waals surface area (Å²) in [6, 6.07) is 0. The van der Waals surface area contributed by atoms with Crippen LogP contribution in [0.3, 0.4) is 0 Å². The number of aryl methyl sites for hydroxylation is 3. The summed E-state index contributed by atoms with van der Waals surface area (Å²) < 4.78 is 35.5. The molecule has 0 spiro atoms. The van der Waals surface area contributed by atoms with Gasteiger partial charge in [0.1, 0.15) is 17.2 Å². The molecule has 0 unspecified atom stereocenters. The number of hydrogen-bond donors (Lipinski definition) is 1. The Morgan fingerprint density at radius 2 is 2.32 bits per heavy atom. The molecule has 0 aromatic carbocycles. The number of anilines is 1. The largest absolute Gasteiger partial charge is 0.412 e. The van der Waals surface area contributed by atoms with E-state index in [1.54, 1.807) is 6.20 Å². The van der Waals surface area contributed by atoms with Crippen molar-refractivity contribution < 1.29 is 22.8 Å². The monoisotopic (exact) mass is 312 g/mol. The Kier molecular flexibility index (Phi) is 3.78. The molecule has 0 radical (unpaired) electrons. The van der Waals surface area contributed by atoms with Gasteiger partial charge in [0.2, 0.25) is 0 Å². The predicted octanol–water partition coefficient (Wildman–Crippen LogP) is 2.37. The minimum Gasteiger partial charge on any atom is -0.412 e. The minimum atomic E-state index is -3.06. The van der Waals surface area contributed by atoms with Crippen molar-refractivity contribution in [3.8, 4) is 5.88 Å². The van der Waals surface area contributed by atoms with Gasteiger partial charge in [0.05, 0.1) is 0 Å². The smallest absolute Gasteiger partial charge is 0.388 e. The Bertz CT molecular complexity index is 672. The normalized spacial score (nSPS) is 14.0. The maximum atomic E-state index is 12.3. The molecule has 3 rings (SSSR count). The van der Waals surface area contributed by atoms with Gasteiger partial charge < -0.3 is 19.1 Å². The number of carbonyl (C=O) groups is 1. The van der Waals surface area contributed by atoms with Crippen LogP contribution in [-0.4, -0.2) is 27.2 Å². The van der Waals surface area contributed by atoms with Gasteiger partial charge in [0.15, 0.2) is 5.76 Å². The van der Waals surface area contributed by atoms with Crippen LogP contribution in [0, 0.1) is 6.92 Å². The molecule has 0 bridgehead atoms. The Labute approximate surface area is 124 Å². The minimum absolute atomic E-state index is 0.0173. The Hall–Kier alpha value is -2.45. The van der Waals surface area contributed by atoms with Gasteiger partial charge in [-0.1, -0.05) is 0 Å². The van der Waals surface area contributed by atoms with Crippen molar-refractivity contribution in [2.75, 3.05) is 5.32 Å². The number of fused-ring (bicyclic) bond motifs is 1. The van der Waals surface area contributed by atoms with Crippen molar-refractivity contribution in [1.82, 2.24) is 14.7 Å². The molecule has 118 valence electrons. The molecule has 0 saturated heterocycles. The van der Waals surface area contributed by atoms with Crippen molar-refractivity contribution in [2.45, 2.75) is 39.3 Å². The summed E-state index contributed by atoms with van der Waals surface area (Å²) in [6.45, 7) is -0.749. The fourth-order valence-electron chi connectivity index (χ4n) is 2.36. The highest BCUT2D eigenvalue weighted by atomic mass is 19.3. The second kappa shape index (κ2) is 5.74. The lowest BCUT2D eigenvalue weighted by molar-refractivity contribution is -0.0541. The number of aromatic nitrogens is 3. The van der Waals surface area contributed by atoms with Crippen molar-refractivity contribution in [2.24, 2.45) is 0 Å². The second-order valence-electron chi connectivity index (χ2n) is 4.94. The molecule has 1 amide bonds. The number of nitrogens with one attached hydrogen (secondary N) is 1. The standard InChI is InChI=1S/C13H14F2N4O3/c1-7-10(12(18-22-7)21-13(14)15)17-11(20)8-6-19-5-3-2-4-9(19)16-8/h6,13H,2-5H2,1H3,(H,17,20). The van der Waals surface area contributed by atoms with E-state index in [9.17, 15) is 13.6 Å². The highest BCUT2D eigenvalue weighted by Gasteiger charge is 2.23. The number of amides is 1. The van der Waals surface area contributed by atoms with Crippen LogP contribution in [0.4, 0.5) is 14.5 Å². The quantitative estimate of drug-likeness (QED) is 0.937. The molecule has 1 aliphatic heterocycles. The van der Waals surface area contributed by atoms with E-state index in [0.29, 0.717) is 0 Å². The van der Waals surface area contributed by atoms with Gasteiger partial charge in [0.25, 0.3) is 11.8 Å². The summed E-state index contributed by atoms with van der Waals surface area (Å²) >= 11 is 0. The van der Waals surface area contributed by atoms with Crippen LogP contribution >= 0.6 is 0 Å². The third-order valence-corrected chi connectivity index (χ3v) is 3.41. The van der Waals surface area contributed by atoms with Gasteiger partial charge in [-0.25, -0.2) is 4.98 Å². The average molecular weight is 312 g/mol. The molecule has 9 heteroatoms. The third kappa shape index (κ3) is 2.78. The van der Waals surface area contributed by atoms with Crippen LogP contribution in [0.5, 0.6) is 5.88 Å². The van der Waals surface area contributed by atoms with Crippen LogP contribution in [0.2, 0.25) is 0 Å². The zero-order chi connectivity index (χ0) is 15.7. The molecule has 2 aromatic rings. The molecule has 22 heavy (non-hydrogen) atoms. The van der Waals surface area contributed by atoms with Gasteiger partial charge in [-0.15, -0.1) is 0 Å². The molecule has 7 nitrogen and oxygen atoms in total. The van der Waals surface area contributed by atoms with Crippen LogP contribution in [0.25, 0.3) is 0 Å². The number of hydrogen-bond acceptors (Lipinski definition) is 5. The molecule has 0 saturated carbocycles. The number of imidazole rings is 1. The van der Waals surface area contributed by atoms with Crippen LogP contribution in [0.1, 0.15) is 34.9 Å². The van der Waals surface area contributed by atoms with E-state index in [1.165, 1.54) is 6.92 Å². The van der Waals surface area contributed by atoms with Crippen LogP contribution in [0.15, 0.2) is 10.7 Å². The number of nitrogens with zero attached hydrogens (tertiary/aromatic N) is 3. The Morgan fingerprint density at radius 3 is 3.05 bits per heavy atom. The molecule has 0 atom stereocenters. The molecule has 1 aliphatic rings. The lowest BCUT2D eigenvalue weighted by Gasteiger charge is -2.11. The van der Waals surface area contributed by atoms with Crippen LogP contribution in [-0.2, 0) is 13.0 Å². The average Bonchev–Trinajstić information content (AvgIpc) is 3.05. The van der Waals surface area contributed by atoms with Gasteiger partial charge in [-0.3, -0.25) is 4.79 Å². The van der Waals surface area contributed by atoms with Gasteiger partial charge >= 0.3 is 6.61 Å². The summed E-state index contributed by atoms with van der Waals surface area (Å²) in [7, 11) is 0. The molecule has 2 aromatic heterocycles. The number of ether oxygens (including phenoxy) is 1. The zero-order valence-electron chi connectivity index (χ0n) is 11.8. The predicted molar refractivity (Wildman–Crippen MR) is 71.0 cm³/mol. The number of rotatable bonds is 4. The Morgan fingerprint density at radius 1 is 1.50 bits per heavy atom. The molecule has 0 fully saturated rings. The van der Waals surface area contributed by atoms with Crippen molar-refractivity contribution in [1.29, 1.82) is 0 Å². The summed E-state index contributed by atoms with van der Waals surface area (Å²) in [5.74, 6) is 0.0487. The first-order valence-electron chi connectivity index (χ1n) is 6.83. The van der Waals surface area contributed by atoms with E-state index in [2.05, 4.69) is 20.2 Å². The van der Waals surface area contributed by atoms with E-state index in [-0.39, 0.29) is 17.1 Å². The van der Waals surface area contributed by atoms with Gasteiger partial charge in [0, 0.05) is 19.2 Å². The first-order valence-corrected chi connectivity index (χ1v) is 6.83. The Balaban J connectivity index is 1.79. The lowest BCUT2D eigenvalue weighted by Crippen LogP contribution is -2.14. The topological polar surface area (TPSA) is 82.2 Å². The fourth-order valence-corrected chi connectivity index (χ4v) is 2.36. The summed E-state index contributed by atoms with van der Waals surface area (Å²) in [5.41, 5.74) is 0.205. The SMILES string of the molecule is Cc1onc(OC(F)F)c1NC(=O)c1cn2c(n1)CCCC2. The summed E-state index contributed by atoms with van der Waals surface area (Å²) in [6.07, 6.45) is 4.55. The highest BCUT2D eigenvalue weighted by Crippen LogP contribution is 2.29. The maximum Gasteiger partial charge on any atom is 0.388 e. The maximum absolute atomic E-state index is 12.3. The van der Waals surface area contributed by atoms with E-state index >= 15 is 0 Å². The molecule has 3 heterocycles. The van der Waals surface area contributed by atoms with E-state index < -0.39 is 18.4 Å². The second-order valence-corrected chi connectivity index (χ2v) is 4.94. The molecule has 0 aliphatic carbocycles. The molecular weight excluding hydrogens is 298 g/mol. The fraction of sp³-hybridized carbons (Fsp3) is 0.462. The van der Waals surface area contributed by atoms with E-state index in [1.807, 2.05) is 4.57 Å². The third-order valence-electron chi connectivity index (χ3n) is 3.41. The highest BCUT2D eigenvalue weighted by molar-refractivity contribution is 6.03. The molecular formula is C13H14F2N4O3. The lowest BCUT2D eigenvalue weighted by atomic mass is 10.2. The van der Waals surface area contributed by atoms with Crippen molar-refractivity contribution in [3.05, 3.63) is 23.5 Å². The van der Waals surface area contributed by atoms with E-state index in [0.717, 1.165) is 31.6 Å². The van der Waals surface area contributed by atoms with E-state index in [4.69, 9.17) is 4.52 Å². The first kappa shape index (κ1) is 14.5. The van der Waals surface area contributed by atoms with Gasteiger partial charge in [-0.2, -0.15) is 8.78 Å². The number of alkyl halides is 2. The van der Waals surface area contributed by atoms with Crippen LogP contribution < -0.4 is 10.1 Å².